The Morgan fingerprint density at radius 3 is 2.55 bits per heavy atom. The van der Waals surface area contributed by atoms with E-state index in [1.807, 2.05) is 32.0 Å². The number of carbonyl (C=O) groups is 1. The molecule has 0 radical (unpaired) electrons. The number of anilines is 1. The monoisotopic (exact) mass is 326 g/mol. The summed E-state index contributed by atoms with van der Waals surface area (Å²) in [6, 6.07) is 7.41. The van der Waals surface area contributed by atoms with Crippen molar-refractivity contribution >= 4 is 21.4 Å². The molecule has 0 spiro atoms. The van der Waals surface area contributed by atoms with Crippen LogP contribution in [-0.2, 0) is 21.2 Å². The number of benzene rings is 1. The van der Waals surface area contributed by atoms with Crippen molar-refractivity contribution in [3.63, 3.8) is 0 Å². The van der Waals surface area contributed by atoms with Crippen molar-refractivity contribution < 1.29 is 13.2 Å². The molecular weight excluding hydrogens is 300 g/mol. The molecule has 0 aromatic heterocycles. The first-order chi connectivity index (χ1) is 10.5. The van der Waals surface area contributed by atoms with Gasteiger partial charge in [0.25, 0.3) is 0 Å². The highest BCUT2D eigenvalue weighted by molar-refractivity contribution is 7.92. The minimum absolute atomic E-state index is 0.0767. The molecule has 0 atom stereocenters. The van der Waals surface area contributed by atoms with E-state index >= 15 is 0 Å². The number of nitrogens with one attached hydrogen (secondary N) is 2. The third kappa shape index (κ3) is 7.04. The molecule has 1 aromatic rings. The molecule has 1 aromatic carbocycles. The molecule has 0 heterocycles. The summed E-state index contributed by atoms with van der Waals surface area (Å²) >= 11 is 0. The average Bonchev–Trinajstić information content (AvgIpc) is 2.45. The van der Waals surface area contributed by atoms with Gasteiger partial charge < -0.3 is 10.6 Å². The van der Waals surface area contributed by atoms with E-state index in [4.69, 9.17) is 0 Å². The van der Waals surface area contributed by atoms with Crippen LogP contribution in [0.25, 0.3) is 0 Å². The second-order valence-corrected chi connectivity index (χ2v) is 7.47. The van der Waals surface area contributed by atoms with E-state index in [1.54, 1.807) is 6.07 Å². The van der Waals surface area contributed by atoms with E-state index < -0.39 is 21.5 Å². The fraction of sp³-hybridized carbons (Fsp3) is 0.562. The maximum atomic E-state index is 12.0. The summed E-state index contributed by atoms with van der Waals surface area (Å²) in [5, 5.41) is 5.90. The van der Waals surface area contributed by atoms with Crippen LogP contribution in [0.5, 0.6) is 0 Å². The molecule has 124 valence electrons. The van der Waals surface area contributed by atoms with Crippen LogP contribution in [-0.4, -0.2) is 32.4 Å². The van der Waals surface area contributed by atoms with E-state index in [9.17, 15) is 13.2 Å². The molecule has 0 aliphatic rings. The fourth-order valence-electron chi connectivity index (χ4n) is 2.09. The van der Waals surface area contributed by atoms with Crippen molar-refractivity contribution in [2.24, 2.45) is 0 Å². The molecule has 5 nitrogen and oxygen atoms in total. The molecule has 0 aliphatic carbocycles. The van der Waals surface area contributed by atoms with E-state index in [1.165, 1.54) is 0 Å². The van der Waals surface area contributed by atoms with Gasteiger partial charge in [-0.1, -0.05) is 44.9 Å². The summed E-state index contributed by atoms with van der Waals surface area (Å²) in [5.41, 5.74) is 1.61. The molecular formula is C16H26N2O3S. The molecule has 0 unspecified atom stereocenters. The second kappa shape index (κ2) is 9.58. The lowest BCUT2D eigenvalue weighted by atomic mass is 10.1. The van der Waals surface area contributed by atoms with Gasteiger partial charge in [0.15, 0.2) is 9.84 Å². The number of hydrogen-bond donors (Lipinski definition) is 2. The molecule has 2 N–H and O–H groups in total. The van der Waals surface area contributed by atoms with Gasteiger partial charge in [-0.2, -0.15) is 0 Å². The zero-order valence-electron chi connectivity index (χ0n) is 13.4. The van der Waals surface area contributed by atoms with Crippen molar-refractivity contribution in [1.29, 1.82) is 0 Å². The topological polar surface area (TPSA) is 75.3 Å². The van der Waals surface area contributed by atoms with Gasteiger partial charge in [0.05, 0.1) is 5.75 Å². The van der Waals surface area contributed by atoms with Crippen LogP contribution < -0.4 is 10.6 Å². The van der Waals surface area contributed by atoms with E-state index in [2.05, 4.69) is 10.6 Å². The van der Waals surface area contributed by atoms with Crippen LogP contribution in [0.1, 0.15) is 38.7 Å². The highest BCUT2D eigenvalue weighted by Gasteiger charge is 2.17. The van der Waals surface area contributed by atoms with Crippen molar-refractivity contribution in [2.75, 3.05) is 23.4 Å². The number of rotatable bonds is 10. The Balaban J connectivity index is 2.61. The highest BCUT2D eigenvalue weighted by atomic mass is 32.2. The zero-order chi connectivity index (χ0) is 16.4. The molecule has 6 heteroatoms. The van der Waals surface area contributed by atoms with Gasteiger partial charge in [-0.15, -0.1) is 0 Å². The van der Waals surface area contributed by atoms with E-state index in [-0.39, 0.29) is 5.75 Å². The maximum Gasteiger partial charge on any atom is 0.239 e. The van der Waals surface area contributed by atoms with Gasteiger partial charge in [-0.3, -0.25) is 4.79 Å². The Hall–Kier alpha value is -1.40. The molecule has 22 heavy (non-hydrogen) atoms. The Morgan fingerprint density at radius 2 is 1.86 bits per heavy atom. The van der Waals surface area contributed by atoms with Gasteiger partial charge in [0.2, 0.25) is 5.91 Å². The Morgan fingerprint density at radius 1 is 1.14 bits per heavy atom. The molecule has 0 saturated heterocycles. The fourth-order valence-corrected chi connectivity index (χ4v) is 3.35. The summed E-state index contributed by atoms with van der Waals surface area (Å²) < 4.78 is 23.8. The quantitative estimate of drug-likeness (QED) is 0.647. The van der Waals surface area contributed by atoms with Gasteiger partial charge in [0.1, 0.15) is 5.75 Å². The largest absolute Gasteiger partial charge is 0.325 e. The number of amides is 1. The Labute approximate surface area is 133 Å². The van der Waals surface area contributed by atoms with Crippen LogP contribution in [0.4, 0.5) is 5.69 Å². The lowest BCUT2D eigenvalue weighted by molar-refractivity contribution is -0.113. The Kier molecular flexibility index (Phi) is 8.12. The first kappa shape index (κ1) is 18.6. The number of para-hydroxylation sites is 1. The summed E-state index contributed by atoms with van der Waals surface area (Å²) in [6.45, 7) is 5.48. The molecule has 0 aliphatic heterocycles. The van der Waals surface area contributed by atoms with Gasteiger partial charge >= 0.3 is 0 Å². The Bertz CT molecular complexity index is 571. The number of carbonyl (C=O) groups excluding carboxylic acids is 1. The second-order valence-electron chi connectivity index (χ2n) is 5.28. The summed E-state index contributed by atoms with van der Waals surface area (Å²) in [4.78, 5) is 12.0. The normalized spacial score (nSPS) is 11.4. The van der Waals surface area contributed by atoms with E-state index in [0.717, 1.165) is 24.9 Å². The van der Waals surface area contributed by atoms with Gasteiger partial charge in [-0.05, 0) is 24.6 Å². The van der Waals surface area contributed by atoms with E-state index in [0.29, 0.717) is 18.7 Å². The van der Waals surface area contributed by atoms with Gasteiger partial charge in [-0.25, -0.2) is 8.42 Å². The minimum Gasteiger partial charge on any atom is -0.325 e. The standard InChI is InChI=1S/C16H26N2O3S/c1-3-5-8-11-22(20,21)13-16(19)18-15-10-7-6-9-14(15)12-17-4-2/h6-7,9-10,17H,3-5,8,11-13H2,1-2H3,(H,18,19). The zero-order valence-corrected chi connectivity index (χ0v) is 14.2. The summed E-state index contributed by atoms with van der Waals surface area (Å²) in [7, 11) is -3.33. The van der Waals surface area contributed by atoms with Crippen LogP contribution in [0.3, 0.4) is 0 Å². The number of sulfone groups is 1. The van der Waals surface area contributed by atoms with Crippen molar-refractivity contribution in [1.82, 2.24) is 5.32 Å². The molecule has 1 amide bonds. The van der Waals surface area contributed by atoms with Crippen LogP contribution in [0.15, 0.2) is 24.3 Å². The van der Waals surface area contributed by atoms with Crippen molar-refractivity contribution in [3.05, 3.63) is 29.8 Å². The summed E-state index contributed by atoms with van der Waals surface area (Å²) in [6.07, 6.45) is 2.44. The molecule has 1 rings (SSSR count). The molecule has 0 bridgehead atoms. The predicted molar refractivity (Wildman–Crippen MR) is 90.6 cm³/mol. The third-order valence-electron chi connectivity index (χ3n) is 3.27. The molecule has 0 saturated carbocycles. The first-order valence-electron chi connectivity index (χ1n) is 7.77. The van der Waals surface area contributed by atoms with Crippen molar-refractivity contribution in [3.8, 4) is 0 Å². The van der Waals surface area contributed by atoms with Crippen LogP contribution in [0.2, 0.25) is 0 Å². The van der Waals surface area contributed by atoms with Crippen LogP contribution in [0, 0.1) is 0 Å². The smallest absolute Gasteiger partial charge is 0.239 e. The summed E-state index contributed by atoms with van der Waals surface area (Å²) in [5.74, 6) is -0.847. The number of unbranched alkanes of at least 4 members (excludes halogenated alkanes) is 2. The maximum absolute atomic E-state index is 12.0. The average molecular weight is 326 g/mol. The van der Waals surface area contributed by atoms with Gasteiger partial charge in [0, 0.05) is 12.2 Å². The molecule has 0 fully saturated rings. The predicted octanol–water partition coefficient (Wildman–Crippen LogP) is 2.34. The first-order valence-corrected chi connectivity index (χ1v) is 9.59. The lowest BCUT2D eigenvalue weighted by Gasteiger charge is -2.11. The lowest BCUT2D eigenvalue weighted by Crippen LogP contribution is -2.25. The third-order valence-corrected chi connectivity index (χ3v) is 4.88. The van der Waals surface area contributed by atoms with Crippen molar-refractivity contribution in [2.45, 2.75) is 39.7 Å². The van der Waals surface area contributed by atoms with Crippen LogP contribution >= 0.6 is 0 Å². The highest BCUT2D eigenvalue weighted by Crippen LogP contribution is 2.15. The SMILES string of the molecule is CCCCCS(=O)(=O)CC(=O)Nc1ccccc1CNCC. The number of hydrogen-bond acceptors (Lipinski definition) is 4. The minimum atomic E-state index is -3.33.